The normalized spacial score (nSPS) is 25.7. The van der Waals surface area contributed by atoms with Crippen LogP contribution in [0.2, 0.25) is 0 Å². The molecule has 2 unspecified atom stereocenters. The molecule has 2 fully saturated rings. The number of nitrogens with one attached hydrogen (secondary N) is 1. The lowest BCUT2D eigenvalue weighted by Gasteiger charge is -2.34. The molecule has 2 aliphatic rings. The fourth-order valence-electron chi connectivity index (χ4n) is 3.37. The summed E-state index contributed by atoms with van der Waals surface area (Å²) in [5.41, 5.74) is 1.48. The van der Waals surface area contributed by atoms with Crippen LogP contribution in [0.3, 0.4) is 0 Å². The van der Waals surface area contributed by atoms with E-state index in [9.17, 15) is 0 Å². The second kappa shape index (κ2) is 5.94. The topological polar surface area (TPSA) is 15.3 Å². The minimum Gasteiger partial charge on any atom is -0.316 e. The smallest absolute Gasteiger partial charge is 0.0419 e. The molecule has 1 saturated heterocycles. The molecule has 1 aromatic heterocycles. The van der Waals surface area contributed by atoms with Crippen LogP contribution in [0.25, 0.3) is 0 Å². The van der Waals surface area contributed by atoms with E-state index in [0.29, 0.717) is 6.04 Å². The van der Waals surface area contributed by atoms with E-state index in [-0.39, 0.29) is 0 Å². The first kappa shape index (κ1) is 13.6. The van der Waals surface area contributed by atoms with E-state index in [1.54, 1.807) is 4.88 Å². The van der Waals surface area contributed by atoms with Crippen LogP contribution in [0.5, 0.6) is 0 Å². The predicted octanol–water partition coefficient (Wildman–Crippen LogP) is 3.58. The average Bonchev–Trinajstić information content (AvgIpc) is 3.18. The Bertz CT molecular complexity index is 405. The molecule has 1 aliphatic heterocycles. The summed E-state index contributed by atoms with van der Waals surface area (Å²) < 4.78 is 0. The van der Waals surface area contributed by atoms with Gasteiger partial charge in [-0.25, -0.2) is 0 Å². The monoisotopic (exact) mass is 278 g/mol. The van der Waals surface area contributed by atoms with Crippen LogP contribution in [-0.4, -0.2) is 30.6 Å². The molecular formula is C16H26N2S. The summed E-state index contributed by atoms with van der Waals surface area (Å²) >= 11 is 1.94. The highest BCUT2D eigenvalue weighted by Gasteiger charge is 2.35. The maximum Gasteiger partial charge on any atom is 0.0419 e. The SMILES string of the molecule is Cc1ccsc1C(C)N(CC1CCCNC1)C1CC1. The summed E-state index contributed by atoms with van der Waals surface area (Å²) in [5.74, 6) is 0.858. The number of nitrogens with zero attached hydrogens (tertiary/aromatic N) is 1. The van der Waals surface area contributed by atoms with Crippen molar-refractivity contribution in [2.75, 3.05) is 19.6 Å². The van der Waals surface area contributed by atoms with Crippen LogP contribution in [0.15, 0.2) is 11.4 Å². The average molecular weight is 278 g/mol. The zero-order chi connectivity index (χ0) is 13.2. The summed E-state index contributed by atoms with van der Waals surface area (Å²) in [6.07, 6.45) is 5.59. The van der Waals surface area contributed by atoms with Gasteiger partial charge in [0.25, 0.3) is 0 Å². The molecule has 1 aliphatic carbocycles. The quantitative estimate of drug-likeness (QED) is 0.885. The lowest BCUT2D eigenvalue weighted by atomic mass is 9.98. The molecule has 2 nitrogen and oxygen atoms in total. The minimum absolute atomic E-state index is 0.606. The molecule has 0 aromatic carbocycles. The van der Waals surface area contributed by atoms with Crippen molar-refractivity contribution in [3.05, 3.63) is 21.9 Å². The van der Waals surface area contributed by atoms with Crippen LogP contribution in [-0.2, 0) is 0 Å². The summed E-state index contributed by atoms with van der Waals surface area (Å²) in [4.78, 5) is 4.37. The Labute approximate surface area is 121 Å². The van der Waals surface area contributed by atoms with Gasteiger partial charge >= 0.3 is 0 Å². The minimum atomic E-state index is 0.606. The molecule has 3 rings (SSSR count). The maximum absolute atomic E-state index is 3.56. The highest BCUT2D eigenvalue weighted by atomic mass is 32.1. The van der Waals surface area contributed by atoms with E-state index in [1.807, 2.05) is 11.3 Å². The summed E-state index contributed by atoms with van der Waals surface area (Å²) in [6, 6.07) is 3.73. The fraction of sp³-hybridized carbons (Fsp3) is 0.750. The molecular weight excluding hydrogens is 252 g/mol. The van der Waals surface area contributed by atoms with Crippen LogP contribution < -0.4 is 5.32 Å². The molecule has 0 radical (unpaired) electrons. The van der Waals surface area contributed by atoms with Gasteiger partial charge in [0.05, 0.1) is 0 Å². The largest absolute Gasteiger partial charge is 0.316 e. The Hall–Kier alpha value is -0.380. The third kappa shape index (κ3) is 3.21. The van der Waals surface area contributed by atoms with Crippen molar-refractivity contribution in [3.8, 4) is 0 Å². The van der Waals surface area contributed by atoms with Gasteiger partial charge in [0.15, 0.2) is 0 Å². The van der Waals surface area contributed by atoms with Gasteiger partial charge in [0.1, 0.15) is 0 Å². The molecule has 1 saturated carbocycles. The van der Waals surface area contributed by atoms with Gasteiger partial charge in [-0.3, -0.25) is 4.90 Å². The van der Waals surface area contributed by atoms with E-state index < -0.39 is 0 Å². The van der Waals surface area contributed by atoms with Gasteiger partial charge in [0.2, 0.25) is 0 Å². The van der Waals surface area contributed by atoms with Crippen molar-refractivity contribution in [3.63, 3.8) is 0 Å². The van der Waals surface area contributed by atoms with Gasteiger partial charge in [-0.1, -0.05) is 0 Å². The first-order valence-electron chi connectivity index (χ1n) is 7.76. The van der Waals surface area contributed by atoms with E-state index in [4.69, 9.17) is 0 Å². The molecule has 0 amide bonds. The standard InChI is InChI=1S/C16H26N2S/c1-12-7-9-19-16(12)13(2)18(15-5-6-15)11-14-4-3-8-17-10-14/h7,9,13-15,17H,3-6,8,10-11H2,1-2H3. The zero-order valence-electron chi connectivity index (χ0n) is 12.2. The summed E-state index contributed by atoms with van der Waals surface area (Å²) in [6.45, 7) is 8.40. The molecule has 0 bridgehead atoms. The molecule has 19 heavy (non-hydrogen) atoms. The molecule has 1 N–H and O–H groups in total. The third-order valence-corrected chi connectivity index (χ3v) is 5.85. The Morgan fingerprint density at radius 1 is 1.42 bits per heavy atom. The van der Waals surface area contributed by atoms with Gasteiger partial charge in [-0.2, -0.15) is 0 Å². The first-order chi connectivity index (χ1) is 9.25. The van der Waals surface area contributed by atoms with Gasteiger partial charge in [-0.15, -0.1) is 11.3 Å². The number of hydrogen-bond acceptors (Lipinski definition) is 3. The number of hydrogen-bond donors (Lipinski definition) is 1. The van der Waals surface area contributed by atoms with Crippen molar-refractivity contribution in [1.82, 2.24) is 10.2 Å². The summed E-state index contributed by atoms with van der Waals surface area (Å²) in [5, 5.41) is 5.80. The van der Waals surface area contributed by atoms with Gasteiger partial charge in [-0.05, 0) is 75.5 Å². The van der Waals surface area contributed by atoms with Crippen LogP contribution >= 0.6 is 11.3 Å². The van der Waals surface area contributed by atoms with Crippen molar-refractivity contribution in [1.29, 1.82) is 0 Å². The predicted molar refractivity (Wildman–Crippen MR) is 82.8 cm³/mol. The van der Waals surface area contributed by atoms with E-state index >= 15 is 0 Å². The second-order valence-electron chi connectivity index (χ2n) is 6.28. The molecule has 1 aromatic rings. The van der Waals surface area contributed by atoms with Gasteiger partial charge in [0, 0.05) is 23.5 Å². The lowest BCUT2D eigenvalue weighted by molar-refractivity contribution is 0.155. The van der Waals surface area contributed by atoms with Crippen LogP contribution in [0.4, 0.5) is 0 Å². The number of thiophene rings is 1. The van der Waals surface area contributed by atoms with Crippen LogP contribution in [0, 0.1) is 12.8 Å². The van der Waals surface area contributed by atoms with E-state index in [1.165, 1.54) is 50.9 Å². The number of aryl methyl sites for hydroxylation is 1. The van der Waals surface area contributed by atoms with Crippen molar-refractivity contribution in [2.24, 2.45) is 5.92 Å². The van der Waals surface area contributed by atoms with E-state index in [0.717, 1.165) is 12.0 Å². The molecule has 3 heteroatoms. The van der Waals surface area contributed by atoms with Gasteiger partial charge < -0.3 is 5.32 Å². The molecule has 2 atom stereocenters. The third-order valence-electron chi connectivity index (χ3n) is 4.66. The molecule has 0 spiro atoms. The highest BCUT2D eigenvalue weighted by molar-refractivity contribution is 7.10. The lowest BCUT2D eigenvalue weighted by Crippen LogP contribution is -2.40. The van der Waals surface area contributed by atoms with Crippen molar-refractivity contribution >= 4 is 11.3 Å². The number of rotatable bonds is 5. The van der Waals surface area contributed by atoms with Crippen LogP contribution in [0.1, 0.15) is 49.1 Å². The Morgan fingerprint density at radius 2 is 2.26 bits per heavy atom. The zero-order valence-corrected chi connectivity index (χ0v) is 13.0. The summed E-state index contributed by atoms with van der Waals surface area (Å²) in [7, 11) is 0. The Balaban J connectivity index is 1.68. The maximum atomic E-state index is 3.56. The molecule has 106 valence electrons. The molecule has 2 heterocycles. The highest BCUT2D eigenvalue weighted by Crippen LogP contribution is 2.38. The second-order valence-corrected chi connectivity index (χ2v) is 7.23. The van der Waals surface area contributed by atoms with E-state index in [2.05, 4.69) is 35.5 Å². The van der Waals surface area contributed by atoms with Crippen molar-refractivity contribution < 1.29 is 0 Å². The first-order valence-corrected chi connectivity index (χ1v) is 8.64. The number of piperidine rings is 1. The Kier molecular flexibility index (Phi) is 4.25. The van der Waals surface area contributed by atoms with Crippen molar-refractivity contribution in [2.45, 2.75) is 51.6 Å². The fourth-order valence-corrected chi connectivity index (χ4v) is 4.38. The Morgan fingerprint density at radius 3 is 2.84 bits per heavy atom.